The Morgan fingerprint density at radius 1 is 1.05 bits per heavy atom. The Kier molecular flexibility index (Phi) is 3.96. The molecule has 1 amide bonds. The lowest BCUT2D eigenvalue weighted by molar-refractivity contribution is -0.00131. The number of hydrogen-bond acceptors (Lipinski definition) is 2. The third kappa shape index (κ3) is 3.07. The van der Waals surface area contributed by atoms with Gasteiger partial charge < -0.3 is 9.64 Å². The van der Waals surface area contributed by atoms with E-state index < -0.39 is 0 Å². The molecule has 2 aliphatic carbocycles. The van der Waals surface area contributed by atoms with Crippen LogP contribution in [0.2, 0.25) is 0 Å². The molecule has 0 aromatic carbocycles. The largest absolute Gasteiger partial charge is 0.444 e. The van der Waals surface area contributed by atoms with Gasteiger partial charge in [0.05, 0.1) is 0 Å². The second kappa shape index (κ2) is 5.48. The molecule has 120 valence electrons. The monoisotopic (exact) mass is 293 g/mol. The first-order valence-electron chi connectivity index (χ1n) is 8.88. The highest BCUT2D eigenvalue weighted by molar-refractivity contribution is 5.68. The number of piperidine rings is 1. The van der Waals surface area contributed by atoms with Crippen molar-refractivity contribution in [2.75, 3.05) is 13.1 Å². The SMILES string of the molecule is CC(C)(C)OC(=O)N1CCC2(CC[C@@H]3CCCC[C@@H]32)CC1. The smallest absolute Gasteiger partial charge is 0.410 e. The molecule has 3 nitrogen and oxygen atoms in total. The van der Waals surface area contributed by atoms with E-state index in [1.54, 1.807) is 0 Å². The summed E-state index contributed by atoms with van der Waals surface area (Å²) in [5, 5.41) is 0. The van der Waals surface area contributed by atoms with Gasteiger partial charge in [0.15, 0.2) is 0 Å². The molecule has 3 fully saturated rings. The van der Waals surface area contributed by atoms with E-state index in [1.807, 2.05) is 25.7 Å². The Balaban J connectivity index is 1.59. The summed E-state index contributed by atoms with van der Waals surface area (Å²) in [6, 6.07) is 0. The van der Waals surface area contributed by atoms with Gasteiger partial charge in [-0.1, -0.05) is 19.3 Å². The summed E-state index contributed by atoms with van der Waals surface area (Å²) in [5.41, 5.74) is 0.178. The highest BCUT2D eigenvalue weighted by Gasteiger charge is 2.50. The van der Waals surface area contributed by atoms with Crippen LogP contribution in [0.15, 0.2) is 0 Å². The van der Waals surface area contributed by atoms with Gasteiger partial charge in [-0.05, 0) is 70.1 Å². The Bertz CT molecular complexity index is 391. The van der Waals surface area contributed by atoms with Gasteiger partial charge >= 0.3 is 6.09 Å². The van der Waals surface area contributed by atoms with Crippen molar-refractivity contribution in [3.63, 3.8) is 0 Å². The zero-order chi connectivity index (χ0) is 15.1. The van der Waals surface area contributed by atoms with E-state index in [9.17, 15) is 4.79 Å². The Hall–Kier alpha value is -0.730. The number of likely N-dealkylation sites (tertiary alicyclic amines) is 1. The molecule has 0 N–H and O–H groups in total. The number of carbonyl (C=O) groups is 1. The number of hydrogen-bond donors (Lipinski definition) is 0. The lowest BCUT2D eigenvalue weighted by Gasteiger charge is -2.45. The maximum atomic E-state index is 12.2. The van der Waals surface area contributed by atoms with Crippen LogP contribution in [0.4, 0.5) is 4.79 Å². The molecule has 1 spiro atoms. The third-order valence-corrected chi connectivity index (χ3v) is 6.12. The van der Waals surface area contributed by atoms with Gasteiger partial charge in [0.1, 0.15) is 5.60 Å². The molecule has 2 atom stereocenters. The van der Waals surface area contributed by atoms with E-state index in [0.29, 0.717) is 5.41 Å². The summed E-state index contributed by atoms with van der Waals surface area (Å²) in [6.07, 6.45) is 10.9. The molecule has 0 aromatic heterocycles. The summed E-state index contributed by atoms with van der Waals surface area (Å²) in [7, 11) is 0. The van der Waals surface area contributed by atoms with E-state index in [2.05, 4.69) is 0 Å². The molecule has 2 saturated carbocycles. The summed E-state index contributed by atoms with van der Waals surface area (Å²) < 4.78 is 5.52. The Morgan fingerprint density at radius 2 is 1.71 bits per heavy atom. The quantitative estimate of drug-likeness (QED) is 0.653. The van der Waals surface area contributed by atoms with Gasteiger partial charge in [-0.2, -0.15) is 0 Å². The van der Waals surface area contributed by atoms with Crippen molar-refractivity contribution >= 4 is 6.09 Å². The second-order valence-electron chi connectivity index (χ2n) is 8.52. The molecular formula is C18H31NO2. The van der Waals surface area contributed by atoms with Gasteiger partial charge in [0, 0.05) is 13.1 Å². The third-order valence-electron chi connectivity index (χ3n) is 6.12. The first kappa shape index (κ1) is 15.2. The summed E-state index contributed by atoms with van der Waals surface area (Å²) in [5.74, 6) is 1.94. The van der Waals surface area contributed by atoms with E-state index in [-0.39, 0.29) is 11.7 Å². The van der Waals surface area contributed by atoms with Gasteiger partial charge in [-0.25, -0.2) is 4.79 Å². The van der Waals surface area contributed by atoms with Crippen LogP contribution in [0.3, 0.4) is 0 Å². The zero-order valence-corrected chi connectivity index (χ0v) is 14.0. The van der Waals surface area contributed by atoms with Crippen molar-refractivity contribution in [1.82, 2.24) is 4.90 Å². The van der Waals surface area contributed by atoms with Crippen molar-refractivity contribution < 1.29 is 9.53 Å². The van der Waals surface area contributed by atoms with Crippen LogP contribution in [0, 0.1) is 17.3 Å². The van der Waals surface area contributed by atoms with Crippen LogP contribution in [-0.2, 0) is 4.74 Å². The average molecular weight is 293 g/mol. The van der Waals surface area contributed by atoms with Crippen LogP contribution < -0.4 is 0 Å². The number of nitrogens with zero attached hydrogens (tertiary/aromatic N) is 1. The predicted octanol–water partition coefficient (Wildman–Crippen LogP) is 4.60. The number of ether oxygens (including phenoxy) is 1. The highest BCUT2D eigenvalue weighted by Crippen LogP contribution is 2.57. The molecule has 21 heavy (non-hydrogen) atoms. The maximum absolute atomic E-state index is 12.2. The fourth-order valence-corrected chi connectivity index (χ4v) is 5.10. The number of fused-ring (bicyclic) bond motifs is 2. The fourth-order valence-electron chi connectivity index (χ4n) is 5.10. The van der Waals surface area contributed by atoms with Crippen LogP contribution in [0.25, 0.3) is 0 Å². The molecule has 3 heteroatoms. The summed E-state index contributed by atoms with van der Waals surface area (Å²) in [4.78, 5) is 14.1. The standard InChI is InChI=1S/C18H31NO2/c1-17(2,3)21-16(20)19-12-10-18(11-13-19)9-8-14-6-4-5-7-15(14)18/h14-15H,4-13H2,1-3H3/t14-,15-/m0/s1. The fraction of sp³-hybridized carbons (Fsp3) is 0.944. The minimum Gasteiger partial charge on any atom is -0.444 e. The molecular weight excluding hydrogens is 262 g/mol. The molecule has 1 heterocycles. The Labute approximate surface area is 129 Å². The Morgan fingerprint density at radius 3 is 2.38 bits per heavy atom. The molecule has 3 aliphatic rings. The number of rotatable bonds is 0. The van der Waals surface area contributed by atoms with Crippen molar-refractivity contribution in [3.05, 3.63) is 0 Å². The molecule has 0 bridgehead atoms. The van der Waals surface area contributed by atoms with Crippen molar-refractivity contribution in [2.24, 2.45) is 17.3 Å². The zero-order valence-electron chi connectivity index (χ0n) is 14.0. The lowest BCUT2D eigenvalue weighted by atomic mass is 9.65. The predicted molar refractivity (Wildman–Crippen MR) is 84.2 cm³/mol. The van der Waals surface area contributed by atoms with Gasteiger partial charge in [-0.15, -0.1) is 0 Å². The average Bonchev–Trinajstić information content (AvgIpc) is 2.77. The maximum Gasteiger partial charge on any atom is 0.410 e. The second-order valence-corrected chi connectivity index (χ2v) is 8.52. The van der Waals surface area contributed by atoms with E-state index in [4.69, 9.17) is 4.74 Å². The van der Waals surface area contributed by atoms with Crippen LogP contribution >= 0.6 is 0 Å². The summed E-state index contributed by atoms with van der Waals surface area (Å²) in [6.45, 7) is 7.63. The minimum atomic E-state index is -0.381. The number of carbonyl (C=O) groups excluding carboxylic acids is 1. The first-order chi connectivity index (χ1) is 9.90. The lowest BCUT2D eigenvalue weighted by Crippen LogP contribution is -2.47. The molecule has 0 unspecified atom stereocenters. The van der Waals surface area contributed by atoms with Crippen molar-refractivity contribution in [2.45, 2.75) is 77.7 Å². The van der Waals surface area contributed by atoms with E-state index >= 15 is 0 Å². The highest BCUT2D eigenvalue weighted by atomic mass is 16.6. The molecule has 0 radical (unpaired) electrons. The molecule has 1 saturated heterocycles. The normalized spacial score (nSPS) is 32.0. The van der Waals surface area contributed by atoms with Crippen LogP contribution in [0.1, 0.15) is 72.1 Å². The van der Waals surface area contributed by atoms with Gasteiger partial charge in [0.2, 0.25) is 0 Å². The van der Waals surface area contributed by atoms with E-state index in [1.165, 1.54) is 51.4 Å². The topological polar surface area (TPSA) is 29.5 Å². The van der Waals surface area contributed by atoms with Crippen LogP contribution in [-0.4, -0.2) is 29.7 Å². The first-order valence-corrected chi connectivity index (χ1v) is 8.88. The van der Waals surface area contributed by atoms with Crippen LogP contribution in [0.5, 0.6) is 0 Å². The molecule has 3 rings (SSSR count). The minimum absolute atomic E-state index is 0.115. The molecule has 1 aliphatic heterocycles. The van der Waals surface area contributed by atoms with Crippen molar-refractivity contribution in [3.8, 4) is 0 Å². The van der Waals surface area contributed by atoms with Gasteiger partial charge in [-0.3, -0.25) is 0 Å². The van der Waals surface area contributed by atoms with Gasteiger partial charge in [0.25, 0.3) is 0 Å². The molecule has 0 aromatic rings. The number of amides is 1. The summed E-state index contributed by atoms with van der Waals surface area (Å²) >= 11 is 0. The van der Waals surface area contributed by atoms with Crippen molar-refractivity contribution in [1.29, 1.82) is 0 Å². The van der Waals surface area contributed by atoms with E-state index in [0.717, 1.165) is 24.9 Å².